The molecule has 1 aromatic heterocycles. The fraction of sp³-hybridized carbons (Fsp3) is 0.375. The van der Waals surface area contributed by atoms with Crippen molar-refractivity contribution < 1.29 is 4.42 Å². The summed E-state index contributed by atoms with van der Waals surface area (Å²) in [5.41, 5.74) is 0.0492. The molecule has 0 N–H and O–H groups in total. The van der Waals surface area contributed by atoms with E-state index < -0.39 is 0 Å². The highest BCUT2D eigenvalue weighted by Crippen LogP contribution is 2.39. The van der Waals surface area contributed by atoms with Crippen molar-refractivity contribution in [1.29, 1.82) is 0 Å². The topological polar surface area (TPSA) is 30.2 Å². The fourth-order valence-electron chi connectivity index (χ4n) is 0.984. The largest absolute Gasteiger partial charge is 0.469 e. The first-order chi connectivity index (χ1) is 4.86. The lowest BCUT2D eigenvalue weighted by molar-refractivity contribution is 0.493. The second-order valence-electron chi connectivity index (χ2n) is 2.64. The van der Waals surface area contributed by atoms with E-state index in [4.69, 9.17) is 4.42 Å². The van der Waals surface area contributed by atoms with Crippen molar-refractivity contribution in [3.8, 4) is 0 Å². The third-order valence-corrected chi connectivity index (χ3v) is 1.70. The molecule has 2 heteroatoms. The van der Waals surface area contributed by atoms with Crippen LogP contribution in [0.1, 0.15) is 24.5 Å². The van der Waals surface area contributed by atoms with E-state index in [0.29, 0.717) is 5.92 Å². The van der Waals surface area contributed by atoms with Crippen LogP contribution in [-0.2, 0) is 0 Å². The average molecular weight is 136 g/mol. The quantitative estimate of drug-likeness (QED) is 0.585. The fourth-order valence-corrected chi connectivity index (χ4v) is 0.984. The molecule has 1 heterocycles. The van der Waals surface area contributed by atoms with Gasteiger partial charge >= 0.3 is 0 Å². The molecule has 0 saturated heterocycles. The lowest BCUT2D eigenvalue weighted by Crippen LogP contribution is -1.96. The standard InChI is InChI=1S/C8H8O2/c9-7-3-4-10-8(5-7)6-1-2-6/h3-6H,1-2H2. The van der Waals surface area contributed by atoms with Gasteiger partial charge in [0.05, 0.1) is 6.26 Å². The van der Waals surface area contributed by atoms with E-state index in [0.717, 1.165) is 5.76 Å². The van der Waals surface area contributed by atoms with Crippen LogP contribution in [0.3, 0.4) is 0 Å². The number of hydrogen-bond donors (Lipinski definition) is 0. The van der Waals surface area contributed by atoms with Crippen LogP contribution in [0.5, 0.6) is 0 Å². The zero-order valence-corrected chi connectivity index (χ0v) is 5.54. The molecule has 1 aliphatic rings. The van der Waals surface area contributed by atoms with E-state index in [1.54, 1.807) is 6.07 Å². The summed E-state index contributed by atoms with van der Waals surface area (Å²) >= 11 is 0. The van der Waals surface area contributed by atoms with Crippen molar-refractivity contribution in [3.05, 3.63) is 34.4 Å². The minimum Gasteiger partial charge on any atom is -0.469 e. The van der Waals surface area contributed by atoms with Gasteiger partial charge in [0, 0.05) is 18.1 Å². The molecule has 0 atom stereocenters. The molecule has 0 bridgehead atoms. The Bertz CT molecular complexity index is 283. The monoisotopic (exact) mass is 136 g/mol. The van der Waals surface area contributed by atoms with Gasteiger partial charge in [0.15, 0.2) is 5.43 Å². The minimum atomic E-state index is 0.0492. The smallest absolute Gasteiger partial charge is 0.185 e. The van der Waals surface area contributed by atoms with E-state index >= 15 is 0 Å². The first kappa shape index (κ1) is 5.71. The van der Waals surface area contributed by atoms with Gasteiger partial charge in [-0.15, -0.1) is 0 Å². The van der Waals surface area contributed by atoms with Crippen LogP contribution in [0, 0.1) is 0 Å². The zero-order chi connectivity index (χ0) is 6.97. The molecule has 2 nitrogen and oxygen atoms in total. The molecule has 1 aliphatic carbocycles. The molecular formula is C8H8O2. The lowest BCUT2D eigenvalue weighted by atomic mass is 10.3. The SMILES string of the molecule is O=c1ccoc(C2CC2)c1. The molecule has 0 spiro atoms. The molecule has 1 fully saturated rings. The summed E-state index contributed by atoms with van der Waals surface area (Å²) < 4.78 is 5.13. The van der Waals surface area contributed by atoms with Crippen molar-refractivity contribution >= 4 is 0 Å². The first-order valence-electron chi connectivity index (χ1n) is 3.45. The van der Waals surface area contributed by atoms with Gasteiger partial charge < -0.3 is 4.42 Å². The Balaban J connectivity index is 2.41. The Morgan fingerprint density at radius 2 is 2.30 bits per heavy atom. The Morgan fingerprint density at radius 3 is 2.90 bits per heavy atom. The van der Waals surface area contributed by atoms with Crippen LogP contribution in [0.2, 0.25) is 0 Å². The average Bonchev–Trinajstić information content (AvgIpc) is 2.68. The van der Waals surface area contributed by atoms with Crippen molar-refractivity contribution in [1.82, 2.24) is 0 Å². The summed E-state index contributed by atoms with van der Waals surface area (Å²) in [4.78, 5) is 10.8. The molecule has 0 aromatic carbocycles. The van der Waals surface area contributed by atoms with Gasteiger partial charge in [0.2, 0.25) is 0 Å². The van der Waals surface area contributed by atoms with Gasteiger partial charge in [0.25, 0.3) is 0 Å². The van der Waals surface area contributed by atoms with Crippen molar-refractivity contribution in [2.75, 3.05) is 0 Å². The van der Waals surface area contributed by atoms with Gasteiger partial charge in [-0.3, -0.25) is 4.79 Å². The second kappa shape index (κ2) is 1.97. The van der Waals surface area contributed by atoms with Crippen LogP contribution in [-0.4, -0.2) is 0 Å². The minimum absolute atomic E-state index is 0.0492. The van der Waals surface area contributed by atoms with Crippen LogP contribution in [0.15, 0.2) is 27.6 Å². The molecule has 1 aromatic rings. The maximum atomic E-state index is 10.8. The van der Waals surface area contributed by atoms with Crippen molar-refractivity contribution in [2.24, 2.45) is 0 Å². The van der Waals surface area contributed by atoms with Gasteiger partial charge in [0.1, 0.15) is 5.76 Å². The highest BCUT2D eigenvalue weighted by Gasteiger charge is 2.25. The summed E-state index contributed by atoms with van der Waals surface area (Å²) in [6, 6.07) is 3.02. The van der Waals surface area contributed by atoms with Gasteiger partial charge in [-0.25, -0.2) is 0 Å². The van der Waals surface area contributed by atoms with Crippen LogP contribution >= 0.6 is 0 Å². The molecule has 2 rings (SSSR count). The van der Waals surface area contributed by atoms with Crippen molar-refractivity contribution in [3.63, 3.8) is 0 Å². The summed E-state index contributed by atoms with van der Waals surface area (Å²) in [6.07, 6.45) is 3.82. The second-order valence-corrected chi connectivity index (χ2v) is 2.64. The highest BCUT2D eigenvalue weighted by atomic mass is 16.3. The highest BCUT2D eigenvalue weighted by molar-refractivity contribution is 5.10. The summed E-state index contributed by atoms with van der Waals surface area (Å²) in [7, 11) is 0. The molecule has 0 aliphatic heterocycles. The zero-order valence-electron chi connectivity index (χ0n) is 5.54. The summed E-state index contributed by atoms with van der Waals surface area (Å²) in [5.74, 6) is 1.39. The predicted molar refractivity (Wildman–Crippen MR) is 37.0 cm³/mol. The lowest BCUT2D eigenvalue weighted by Gasteiger charge is -1.91. The third-order valence-electron chi connectivity index (χ3n) is 1.70. The Labute approximate surface area is 58.5 Å². The normalized spacial score (nSPS) is 17.2. The van der Waals surface area contributed by atoms with Gasteiger partial charge in [-0.1, -0.05) is 0 Å². The van der Waals surface area contributed by atoms with E-state index in [1.165, 1.54) is 25.2 Å². The third kappa shape index (κ3) is 0.967. The van der Waals surface area contributed by atoms with Crippen LogP contribution in [0.25, 0.3) is 0 Å². The molecular weight excluding hydrogens is 128 g/mol. The molecule has 0 radical (unpaired) electrons. The van der Waals surface area contributed by atoms with Crippen LogP contribution < -0.4 is 5.43 Å². The summed E-state index contributed by atoms with van der Waals surface area (Å²) in [5, 5.41) is 0. The number of rotatable bonds is 1. The van der Waals surface area contributed by atoms with Gasteiger partial charge in [-0.2, -0.15) is 0 Å². The number of hydrogen-bond acceptors (Lipinski definition) is 2. The van der Waals surface area contributed by atoms with Gasteiger partial charge in [-0.05, 0) is 12.8 Å². The van der Waals surface area contributed by atoms with E-state index in [1.807, 2.05) is 0 Å². The summed E-state index contributed by atoms with van der Waals surface area (Å²) in [6.45, 7) is 0. The Hall–Kier alpha value is -1.05. The maximum absolute atomic E-state index is 10.8. The first-order valence-corrected chi connectivity index (χ1v) is 3.45. The van der Waals surface area contributed by atoms with Crippen molar-refractivity contribution in [2.45, 2.75) is 18.8 Å². The van der Waals surface area contributed by atoms with E-state index in [2.05, 4.69) is 0 Å². The molecule has 0 amide bonds. The molecule has 52 valence electrons. The predicted octanol–water partition coefficient (Wildman–Crippen LogP) is 1.52. The van der Waals surface area contributed by atoms with Crippen LogP contribution in [0.4, 0.5) is 0 Å². The molecule has 1 saturated carbocycles. The Kier molecular flexibility index (Phi) is 1.13. The van der Waals surface area contributed by atoms with E-state index in [9.17, 15) is 4.79 Å². The van der Waals surface area contributed by atoms with E-state index in [-0.39, 0.29) is 5.43 Å². The Morgan fingerprint density at radius 1 is 1.50 bits per heavy atom. The molecule has 10 heavy (non-hydrogen) atoms. The molecule has 0 unspecified atom stereocenters. The maximum Gasteiger partial charge on any atom is 0.185 e.